The molecule has 0 amide bonds. The summed E-state index contributed by atoms with van der Waals surface area (Å²) < 4.78 is 22.4. The van der Waals surface area contributed by atoms with Gasteiger partial charge in [-0.1, -0.05) is 17.7 Å². The van der Waals surface area contributed by atoms with Crippen molar-refractivity contribution in [1.29, 1.82) is 0 Å². The molecule has 0 bridgehead atoms. The van der Waals surface area contributed by atoms with Gasteiger partial charge in [0.15, 0.2) is 0 Å². The summed E-state index contributed by atoms with van der Waals surface area (Å²) in [6.07, 6.45) is 3.49. The van der Waals surface area contributed by atoms with Gasteiger partial charge in [-0.25, -0.2) is 19.6 Å². The molecule has 10 nitrogen and oxygen atoms in total. The second kappa shape index (κ2) is 14.4. The van der Waals surface area contributed by atoms with Crippen molar-refractivity contribution in [2.24, 2.45) is 0 Å². The Morgan fingerprint density at radius 3 is 1.70 bits per heavy atom. The summed E-state index contributed by atoms with van der Waals surface area (Å²) in [7, 11) is 2.28. The van der Waals surface area contributed by atoms with E-state index in [0.717, 1.165) is 44.1 Å². The average Bonchev–Trinajstić information content (AvgIpc) is 3.64. The SMILES string of the molecule is COC(=O)c1ccc(C)c(-c2cnc(C)[nH]2)c1.COC(=O)c1ccc(C)c(B2OC(C)(C)C(C)(C)O2)c1.Cc1ncc(Br)[nH]1. The Bertz CT molecular complexity index is 1580. The van der Waals surface area contributed by atoms with E-state index in [1.54, 1.807) is 30.6 Å². The standard InChI is InChI=1S/C15H21BO4.C13H14N2O2.C4H5BrN2/c1-10-7-8-11(13(17)18-6)9-12(10)16-19-14(2,3)15(4,5)20-16;1-8-4-5-10(13(16)17-3)6-11(8)12-7-14-9(2)15-12;1-3-6-2-4(5)7-3/h7-9H,1-6H3;4-7H,1-3H3,(H,14,15);2H,1H3,(H,6,7). The molecule has 0 saturated carbocycles. The molecule has 2 N–H and O–H groups in total. The molecule has 0 spiro atoms. The molecule has 0 unspecified atom stereocenters. The van der Waals surface area contributed by atoms with Gasteiger partial charge in [-0.05, 0) is 107 Å². The Labute approximate surface area is 267 Å². The minimum absolute atomic E-state index is 0.331. The molecule has 3 heterocycles. The number of imidazole rings is 2. The third kappa shape index (κ3) is 8.46. The number of nitrogens with one attached hydrogen (secondary N) is 2. The summed E-state index contributed by atoms with van der Waals surface area (Å²) in [4.78, 5) is 37.3. The van der Waals surface area contributed by atoms with Crippen LogP contribution in [-0.2, 0) is 18.8 Å². The summed E-state index contributed by atoms with van der Waals surface area (Å²) in [5.41, 5.74) is 5.10. The Morgan fingerprint density at radius 2 is 1.27 bits per heavy atom. The third-order valence-corrected chi connectivity index (χ3v) is 7.93. The Hall–Kier alpha value is -3.74. The van der Waals surface area contributed by atoms with E-state index in [-0.39, 0.29) is 11.9 Å². The van der Waals surface area contributed by atoms with Gasteiger partial charge in [0, 0.05) is 5.56 Å². The summed E-state index contributed by atoms with van der Waals surface area (Å²) in [6.45, 7) is 15.8. The number of H-pyrrole nitrogens is 2. The first-order chi connectivity index (χ1) is 20.6. The van der Waals surface area contributed by atoms with Crippen molar-refractivity contribution in [3.05, 3.63) is 87.3 Å². The molecule has 5 rings (SSSR count). The van der Waals surface area contributed by atoms with Crippen LogP contribution in [0.15, 0.2) is 53.4 Å². The zero-order valence-electron chi connectivity index (χ0n) is 26.9. The average molecular weight is 667 g/mol. The fraction of sp³-hybridized carbons (Fsp3) is 0.375. The molecule has 0 atom stereocenters. The van der Waals surface area contributed by atoms with E-state index in [4.69, 9.17) is 18.8 Å². The van der Waals surface area contributed by atoms with Crippen LogP contribution in [0.5, 0.6) is 0 Å². The lowest BCUT2D eigenvalue weighted by Gasteiger charge is -2.32. The largest absolute Gasteiger partial charge is 0.495 e. The van der Waals surface area contributed by atoms with Crippen LogP contribution in [0.3, 0.4) is 0 Å². The summed E-state index contributed by atoms with van der Waals surface area (Å²) in [5.74, 6) is 1.10. The number of hydrogen-bond donors (Lipinski definition) is 2. The molecule has 1 aliphatic heterocycles. The van der Waals surface area contributed by atoms with Crippen LogP contribution in [0, 0.1) is 27.7 Å². The van der Waals surface area contributed by atoms with Crippen molar-refractivity contribution in [1.82, 2.24) is 19.9 Å². The molecule has 2 aromatic carbocycles. The highest BCUT2D eigenvalue weighted by Gasteiger charge is 2.52. The maximum absolute atomic E-state index is 11.6. The van der Waals surface area contributed by atoms with Crippen molar-refractivity contribution in [2.45, 2.75) is 66.6 Å². The second-order valence-corrected chi connectivity index (χ2v) is 12.2. The smallest absolute Gasteiger partial charge is 0.465 e. The lowest BCUT2D eigenvalue weighted by molar-refractivity contribution is 0.00578. The van der Waals surface area contributed by atoms with Crippen LogP contribution in [0.2, 0.25) is 0 Å². The first-order valence-corrected chi connectivity index (χ1v) is 14.8. The first kappa shape index (κ1) is 34.8. The molecular weight excluding hydrogens is 627 g/mol. The number of benzene rings is 2. The van der Waals surface area contributed by atoms with Crippen molar-refractivity contribution in [3.63, 3.8) is 0 Å². The van der Waals surface area contributed by atoms with Gasteiger partial charge < -0.3 is 28.8 Å². The number of ether oxygens (including phenoxy) is 2. The van der Waals surface area contributed by atoms with Crippen LogP contribution in [0.25, 0.3) is 11.3 Å². The number of esters is 2. The molecule has 0 aliphatic carbocycles. The number of aryl methyl sites for hydroxylation is 4. The lowest BCUT2D eigenvalue weighted by atomic mass is 9.75. The lowest BCUT2D eigenvalue weighted by Crippen LogP contribution is -2.41. The van der Waals surface area contributed by atoms with Gasteiger partial charge in [0.1, 0.15) is 16.3 Å². The molecule has 2 aromatic heterocycles. The zero-order valence-corrected chi connectivity index (χ0v) is 28.5. The number of aromatic nitrogens is 4. The fourth-order valence-corrected chi connectivity index (χ4v) is 4.60. The monoisotopic (exact) mass is 666 g/mol. The van der Waals surface area contributed by atoms with Crippen LogP contribution in [0.4, 0.5) is 0 Å². The van der Waals surface area contributed by atoms with Gasteiger partial charge in [-0.2, -0.15) is 0 Å². The van der Waals surface area contributed by atoms with Crippen molar-refractivity contribution >= 4 is 40.4 Å². The number of nitrogens with zero attached hydrogens (tertiary/aromatic N) is 2. The molecule has 234 valence electrons. The van der Waals surface area contributed by atoms with E-state index in [9.17, 15) is 9.59 Å². The van der Waals surface area contributed by atoms with E-state index < -0.39 is 18.3 Å². The molecule has 44 heavy (non-hydrogen) atoms. The van der Waals surface area contributed by atoms with E-state index in [1.807, 2.05) is 73.6 Å². The molecule has 1 saturated heterocycles. The number of carbonyl (C=O) groups excluding carboxylic acids is 2. The highest BCUT2D eigenvalue weighted by molar-refractivity contribution is 9.10. The predicted octanol–water partition coefficient (Wildman–Crippen LogP) is 6.04. The number of hydrogen-bond acceptors (Lipinski definition) is 8. The van der Waals surface area contributed by atoms with E-state index in [2.05, 4.69) is 35.9 Å². The number of rotatable bonds is 4. The maximum Gasteiger partial charge on any atom is 0.495 e. The zero-order chi connectivity index (χ0) is 32.8. The molecule has 1 aliphatic rings. The molecule has 12 heteroatoms. The Balaban J connectivity index is 0.000000199. The Morgan fingerprint density at radius 1 is 0.773 bits per heavy atom. The first-order valence-electron chi connectivity index (χ1n) is 14.0. The summed E-state index contributed by atoms with van der Waals surface area (Å²) in [6, 6.07) is 10.9. The van der Waals surface area contributed by atoms with E-state index in [0.29, 0.717) is 11.1 Å². The predicted molar refractivity (Wildman–Crippen MR) is 174 cm³/mol. The van der Waals surface area contributed by atoms with Crippen molar-refractivity contribution in [3.8, 4) is 11.3 Å². The van der Waals surface area contributed by atoms with Crippen LogP contribution < -0.4 is 5.46 Å². The van der Waals surface area contributed by atoms with E-state index >= 15 is 0 Å². The molecule has 0 radical (unpaired) electrons. The quantitative estimate of drug-likeness (QED) is 0.199. The minimum Gasteiger partial charge on any atom is -0.465 e. The summed E-state index contributed by atoms with van der Waals surface area (Å²) >= 11 is 3.21. The topological polar surface area (TPSA) is 128 Å². The van der Waals surface area contributed by atoms with Gasteiger partial charge in [0.2, 0.25) is 0 Å². The molecule has 4 aromatic rings. The van der Waals surface area contributed by atoms with Gasteiger partial charge >= 0.3 is 19.1 Å². The number of aromatic amines is 2. The number of carbonyl (C=O) groups is 2. The maximum atomic E-state index is 11.6. The third-order valence-electron chi connectivity index (χ3n) is 7.53. The highest BCUT2D eigenvalue weighted by Crippen LogP contribution is 2.36. The summed E-state index contributed by atoms with van der Waals surface area (Å²) in [5, 5.41) is 0. The fourth-order valence-electron chi connectivity index (χ4n) is 4.21. The normalized spacial score (nSPS) is 14.6. The Kier molecular flexibility index (Phi) is 11.3. The van der Waals surface area contributed by atoms with Gasteiger partial charge in [0.25, 0.3) is 0 Å². The van der Waals surface area contributed by atoms with Crippen molar-refractivity contribution in [2.75, 3.05) is 14.2 Å². The molecule has 1 fully saturated rings. The minimum atomic E-state index is -0.468. The molecular formula is C32H40BBrN4O6. The second-order valence-electron chi connectivity index (χ2n) is 11.4. The highest BCUT2D eigenvalue weighted by atomic mass is 79.9. The van der Waals surface area contributed by atoms with Gasteiger partial charge in [-0.3, -0.25) is 0 Å². The van der Waals surface area contributed by atoms with Crippen LogP contribution >= 0.6 is 15.9 Å². The number of methoxy groups -OCH3 is 2. The van der Waals surface area contributed by atoms with Crippen LogP contribution in [-0.4, -0.2) is 64.4 Å². The number of halogens is 1. The van der Waals surface area contributed by atoms with Crippen LogP contribution in [0.1, 0.15) is 71.2 Å². The van der Waals surface area contributed by atoms with Gasteiger partial charge in [0.05, 0.1) is 54.6 Å². The van der Waals surface area contributed by atoms with E-state index in [1.165, 1.54) is 14.2 Å². The van der Waals surface area contributed by atoms with Gasteiger partial charge in [-0.15, -0.1) is 0 Å². The van der Waals surface area contributed by atoms with Crippen molar-refractivity contribution < 1.29 is 28.4 Å².